The molecule has 2 aromatic carbocycles. The van der Waals surface area contributed by atoms with E-state index in [0.29, 0.717) is 0 Å². The number of hydrogen-bond acceptors (Lipinski definition) is 1. The highest BCUT2D eigenvalue weighted by Crippen LogP contribution is 2.22. The molecule has 0 aliphatic heterocycles. The molecule has 19 heavy (non-hydrogen) atoms. The van der Waals surface area contributed by atoms with Crippen molar-refractivity contribution in [2.24, 2.45) is 0 Å². The highest BCUT2D eigenvalue weighted by Gasteiger charge is 2.17. The number of aryl methyl sites for hydroxylation is 6. The fourth-order valence-corrected chi connectivity index (χ4v) is 2.88. The lowest BCUT2D eigenvalue weighted by Gasteiger charge is -2.09. The Bertz CT molecular complexity index is 522. The van der Waals surface area contributed by atoms with Gasteiger partial charge in [-0.2, -0.15) is 0 Å². The molecule has 0 saturated heterocycles. The smallest absolute Gasteiger partial charge is 0.109 e. The van der Waals surface area contributed by atoms with E-state index in [9.17, 15) is 0 Å². The van der Waals surface area contributed by atoms with Gasteiger partial charge in [-0.25, -0.2) is 0 Å². The molecule has 2 rings (SSSR count). The molecule has 0 spiro atoms. The zero-order valence-electron chi connectivity index (χ0n) is 12.8. The zero-order valence-corrected chi connectivity index (χ0v) is 12.8. The highest BCUT2D eigenvalue weighted by molar-refractivity contribution is 5.54. The van der Waals surface area contributed by atoms with Crippen LogP contribution in [0.1, 0.15) is 33.4 Å². The van der Waals surface area contributed by atoms with Crippen molar-refractivity contribution in [2.45, 2.75) is 41.5 Å². The quantitative estimate of drug-likeness (QED) is 0.836. The van der Waals surface area contributed by atoms with E-state index in [-0.39, 0.29) is 0 Å². The van der Waals surface area contributed by atoms with Crippen LogP contribution < -0.4 is 5.32 Å². The summed E-state index contributed by atoms with van der Waals surface area (Å²) in [6.07, 6.45) is 0. The first kappa shape index (κ1) is 13.8. The van der Waals surface area contributed by atoms with Gasteiger partial charge in [0, 0.05) is 22.3 Å². The van der Waals surface area contributed by atoms with E-state index in [0.717, 1.165) is 0 Å². The number of nitrogens with one attached hydrogen (secondary N) is 1. The van der Waals surface area contributed by atoms with Gasteiger partial charge < -0.3 is 0 Å². The Morgan fingerprint density at radius 3 is 1.05 bits per heavy atom. The van der Waals surface area contributed by atoms with Crippen molar-refractivity contribution < 1.29 is 5.32 Å². The van der Waals surface area contributed by atoms with Crippen LogP contribution >= 0.6 is 0 Å². The van der Waals surface area contributed by atoms with Crippen LogP contribution in [0.15, 0.2) is 24.3 Å². The molecule has 1 heteroatoms. The molecular weight excluding hydrogens is 230 g/mol. The molecular formula is C18H23N+. The molecule has 1 nitrogen and oxygen atoms in total. The molecule has 0 saturated carbocycles. The van der Waals surface area contributed by atoms with Gasteiger partial charge >= 0.3 is 0 Å². The lowest BCUT2D eigenvalue weighted by molar-refractivity contribution is -0.480. The molecule has 0 amide bonds. The molecule has 0 aliphatic rings. The number of hydrogen-bond donors (Lipinski definition) is 1. The van der Waals surface area contributed by atoms with E-state index < -0.39 is 0 Å². The van der Waals surface area contributed by atoms with Crippen LogP contribution in [0.5, 0.6) is 0 Å². The van der Waals surface area contributed by atoms with Gasteiger partial charge in [-0.1, -0.05) is 35.4 Å². The maximum absolute atomic E-state index is 3.63. The van der Waals surface area contributed by atoms with Gasteiger partial charge in [-0.05, 0) is 41.5 Å². The first-order chi connectivity index (χ1) is 8.88. The van der Waals surface area contributed by atoms with E-state index in [2.05, 4.69) is 71.1 Å². The summed E-state index contributed by atoms with van der Waals surface area (Å²) in [4.78, 5) is 0. The monoisotopic (exact) mass is 253 g/mol. The van der Waals surface area contributed by atoms with Crippen LogP contribution in [-0.4, -0.2) is 0 Å². The maximum Gasteiger partial charge on any atom is 0.190 e. The van der Waals surface area contributed by atoms with Crippen molar-refractivity contribution in [1.82, 2.24) is 0 Å². The summed E-state index contributed by atoms with van der Waals surface area (Å²) in [5.41, 5.74) is 10.3. The minimum absolute atomic E-state index is 1.24. The summed E-state index contributed by atoms with van der Waals surface area (Å²) in [5, 5.41) is 3.63. The van der Waals surface area contributed by atoms with Crippen LogP contribution in [-0.2, 0) is 0 Å². The van der Waals surface area contributed by atoms with Gasteiger partial charge in [0.25, 0.3) is 0 Å². The lowest BCUT2D eigenvalue weighted by Crippen LogP contribution is -2.72. The first-order valence-electron chi connectivity index (χ1n) is 6.81. The Labute approximate surface area is 116 Å². The standard InChI is InChI=1S/C18H23N/c1-11-7-13(3)17(14(4)8-11)19-18-15(5)9-12(2)10-16(18)6/h7-10,19H,1-6H3/q+1. The molecule has 0 unspecified atom stereocenters. The van der Waals surface area contributed by atoms with Gasteiger partial charge in [0.05, 0.1) is 0 Å². The fraction of sp³-hybridized carbons (Fsp3) is 0.333. The van der Waals surface area contributed by atoms with Gasteiger partial charge in [0.2, 0.25) is 0 Å². The summed E-state index contributed by atoms with van der Waals surface area (Å²) < 4.78 is 0. The predicted octanol–water partition coefficient (Wildman–Crippen LogP) is 3.85. The fourth-order valence-electron chi connectivity index (χ4n) is 2.88. The van der Waals surface area contributed by atoms with Crippen molar-refractivity contribution in [3.05, 3.63) is 57.6 Å². The molecule has 1 N–H and O–H groups in total. The second-order valence-electron chi connectivity index (χ2n) is 5.67. The molecule has 0 atom stereocenters. The van der Waals surface area contributed by atoms with Crippen molar-refractivity contribution in [1.29, 1.82) is 0 Å². The van der Waals surface area contributed by atoms with Gasteiger partial charge in [-0.15, -0.1) is 5.32 Å². The molecule has 0 aliphatic carbocycles. The van der Waals surface area contributed by atoms with Gasteiger partial charge in [-0.3, -0.25) is 0 Å². The molecule has 0 aromatic heterocycles. The third kappa shape index (κ3) is 2.87. The van der Waals surface area contributed by atoms with E-state index >= 15 is 0 Å². The Balaban J connectivity index is 2.48. The van der Waals surface area contributed by atoms with Crippen LogP contribution in [0.25, 0.3) is 0 Å². The second-order valence-corrected chi connectivity index (χ2v) is 5.67. The average Bonchev–Trinajstić information content (AvgIpc) is 2.25. The third-order valence-electron chi connectivity index (χ3n) is 3.60. The summed E-state index contributed by atoms with van der Waals surface area (Å²) >= 11 is 0. The van der Waals surface area contributed by atoms with Crippen LogP contribution in [0, 0.1) is 41.5 Å². The van der Waals surface area contributed by atoms with Crippen molar-refractivity contribution in [3.63, 3.8) is 0 Å². The molecule has 1 radical (unpaired) electrons. The summed E-state index contributed by atoms with van der Waals surface area (Å²) in [7, 11) is 0. The van der Waals surface area contributed by atoms with E-state index in [1.165, 1.54) is 44.8 Å². The largest absolute Gasteiger partial charge is 0.190 e. The SMILES string of the molecule is Cc1cc(C)c([NH+]c2c(C)cc(C)cc2C)c(C)c1. The number of anilines is 2. The molecule has 0 bridgehead atoms. The minimum Gasteiger partial charge on any atom is -0.109 e. The van der Waals surface area contributed by atoms with Crippen LogP contribution in [0.2, 0.25) is 0 Å². The van der Waals surface area contributed by atoms with Crippen molar-refractivity contribution in [2.75, 3.05) is 0 Å². The molecule has 0 fully saturated rings. The van der Waals surface area contributed by atoms with E-state index in [1.807, 2.05) is 0 Å². The van der Waals surface area contributed by atoms with Crippen LogP contribution in [0.3, 0.4) is 0 Å². The molecule has 99 valence electrons. The summed E-state index contributed by atoms with van der Waals surface area (Å²) in [6, 6.07) is 8.92. The van der Waals surface area contributed by atoms with Crippen molar-refractivity contribution >= 4 is 11.4 Å². The van der Waals surface area contributed by atoms with Crippen molar-refractivity contribution in [3.8, 4) is 0 Å². The summed E-state index contributed by atoms with van der Waals surface area (Å²) in [5.74, 6) is 0. The number of rotatable bonds is 2. The van der Waals surface area contributed by atoms with Gasteiger partial charge in [0.15, 0.2) is 11.4 Å². The topological polar surface area (TPSA) is 15.6 Å². The predicted molar refractivity (Wildman–Crippen MR) is 81.6 cm³/mol. The Morgan fingerprint density at radius 1 is 0.526 bits per heavy atom. The Hall–Kier alpha value is -1.60. The third-order valence-corrected chi connectivity index (χ3v) is 3.60. The van der Waals surface area contributed by atoms with E-state index in [4.69, 9.17) is 0 Å². The maximum atomic E-state index is 3.63. The van der Waals surface area contributed by atoms with E-state index in [1.54, 1.807) is 0 Å². The average molecular weight is 253 g/mol. The molecule has 0 heterocycles. The Morgan fingerprint density at radius 2 is 0.789 bits per heavy atom. The molecule has 2 aromatic rings. The highest BCUT2D eigenvalue weighted by atomic mass is 14.9. The minimum atomic E-state index is 1.24. The first-order valence-corrected chi connectivity index (χ1v) is 6.81. The van der Waals surface area contributed by atoms with Crippen LogP contribution in [0.4, 0.5) is 11.4 Å². The van der Waals surface area contributed by atoms with Gasteiger partial charge in [0.1, 0.15) is 0 Å². The summed E-state index contributed by atoms with van der Waals surface area (Å²) in [6.45, 7) is 13.0. The normalized spacial score (nSPS) is 10.8. The lowest BCUT2D eigenvalue weighted by atomic mass is 10.0. The Kier molecular flexibility index (Phi) is 3.77. The zero-order chi connectivity index (χ0) is 14.2. The number of benzene rings is 2. The second kappa shape index (κ2) is 5.18.